The van der Waals surface area contributed by atoms with Crippen molar-refractivity contribution in [1.82, 2.24) is 0 Å². The van der Waals surface area contributed by atoms with Crippen LogP contribution in [0.1, 0.15) is 24.5 Å². The quantitative estimate of drug-likeness (QED) is 0.560. The second kappa shape index (κ2) is 9.09. The molecule has 0 spiro atoms. The molecule has 3 rings (SSSR count). The molecule has 4 heteroatoms. The minimum Gasteiger partial charge on any atom is -0.480 e. The summed E-state index contributed by atoms with van der Waals surface area (Å²) in [4.78, 5) is 12.6. The number of nitrogens with one attached hydrogen (secondary N) is 1. The molecule has 4 nitrogen and oxygen atoms in total. The van der Waals surface area contributed by atoms with Crippen molar-refractivity contribution >= 4 is 11.6 Å². The van der Waals surface area contributed by atoms with Gasteiger partial charge in [-0.05, 0) is 68.3 Å². The van der Waals surface area contributed by atoms with Gasteiger partial charge in [-0.3, -0.25) is 4.79 Å². The van der Waals surface area contributed by atoms with E-state index in [9.17, 15) is 4.79 Å². The first-order valence-electron chi connectivity index (χ1n) is 9.43. The lowest BCUT2D eigenvalue weighted by molar-refractivity contribution is -0.122. The number of hydrogen-bond donors (Lipinski definition) is 1. The summed E-state index contributed by atoms with van der Waals surface area (Å²) in [5.74, 6) is 2.05. The van der Waals surface area contributed by atoms with Crippen LogP contribution in [0.5, 0.6) is 17.2 Å². The first kappa shape index (κ1) is 19.5. The lowest BCUT2D eigenvalue weighted by Crippen LogP contribution is -2.32. The molecule has 3 aromatic rings. The Bertz CT molecular complexity index is 920. The summed E-state index contributed by atoms with van der Waals surface area (Å²) >= 11 is 0. The second-order valence-electron chi connectivity index (χ2n) is 6.71. The maximum Gasteiger partial charge on any atom is 0.265 e. The monoisotopic (exact) mass is 375 g/mol. The molecule has 1 N–H and O–H groups in total. The Morgan fingerprint density at radius 3 is 2.25 bits per heavy atom. The third-order valence-corrected chi connectivity index (χ3v) is 4.36. The number of aryl methyl sites for hydroxylation is 2. The molecule has 1 amide bonds. The zero-order chi connectivity index (χ0) is 19.9. The van der Waals surface area contributed by atoms with Crippen LogP contribution in [-0.4, -0.2) is 12.0 Å². The van der Waals surface area contributed by atoms with E-state index in [0.717, 1.165) is 17.1 Å². The normalized spacial score (nSPS) is 11.5. The number of carbonyl (C=O) groups is 1. The van der Waals surface area contributed by atoms with Crippen molar-refractivity contribution in [3.05, 3.63) is 83.9 Å². The molecular formula is C24H25NO3. The van der Waals surface area contributed by atoms with E-state index in [1.165, 1.54) is 5.56 Å². The molecule has 0 unspecified atom stereocenters. The van der Waals surface area contributed by atoms with Crippen LogP contribution in [0.25, 0.3) is 0 Å². The molecule has 0 fully saturated rings. The number of benzene rings is 3. The number of ether oxygens (including phenoxy) is 2. The van der Waals surface area contributed by atoms with E-state index in [-0.39, 0.29) is 5.91 Å². The van der Waals surface area contributed by atoms with Crippen LogP contribution in [0, 0.1) is 13.8 Å². The highest BCUT2D eigenvalue weighted by Crippen LogP contribution is 2.24. The third-order valence-electron chi connectivity index (χ3n) is 4.36. The van der Waals surface area contributed by atoms with Crippen molar-refractivity contribution in [2.45, 2.75) is 33.3 Å². The highest BCUT2D eigenvalue weighted by molar-refractivity contribution is 5.94. The highest BCUT2D eigenvalue weighted by Gasteiger charge is 2.19. The van der Waals surface area contributed by atoms with E-state index >= 15 is 0 Å². The molecule has 28 heavy (non-hydrogen) atoms. The van der Waals surface area contributed by atoms with Gasteiger partial charge in [0.25, 0.3) is 5.91 Å². The number of rotatable bonds is 7. The number of anilines is 1. The average Bonchev–Trinajstić information content (AvgIpc) is 2.69. The predicted octanol–water partition coefficient (Wildman–Crippen LogP) is 5.89. The summed E-state index contributed by atoms with van der Waals surface area (Å²) in [5.41, 5.74) is 2.89. The molecule has 1 atom stereocenters. The van der Waals surface area contributed by atoms with Crippen LogP contribution in [0.2, 0.25) is 0 Å². The van der Waals surface area contributed by atoms with Gasteiger partial charge in [-0.1, -0.05) is 42.8 Å². The van der Waals surface area contributed by atoms with Crippen LogP contribution in [0.3, 0.4) is 0 Å². The van der Waals surface area contributed by atoms with Crippen LogP contribution < -0.4 is 14.8 Å². The Morgan fingerprint density at radius 2 is 1.61 bits per heavy atom. The fraction of sp³-hybridized carbons (Fsp3) is 0.208. The van der Waals surface area contributed by atoms with Crippen molar-refractivity contribution in [3.63, 3.8) is 0 Å². The van der Waals surface area contributed by atoms with Gasteiger partial charge in [0.05, 0.1) is 0 Å². The average molecular weight is 375 g/mol. The van der Waals surface area contributed by atoms with Gasteiger partial charge in [-0.15, -0.1) is 0 Å². The van der Waals surface area contributed by atoms with E-state index in [4.69, 9.17) is 9.47 Å². The molecule has 0 aromatic heterocycles. The van der Waals surface area contributed by atoms with Crippen molar-refractivity contribution in [2.24, 2.45) is 0 Å². The van der Waals surface area contributed by atoms with E-state index in [1.807, 2.05) is 93.6 Å². The standard InChI is InChI=1S/C24H25NO3/c1-4-22(28-23-15-10-17(2)16-18(23)3)24(26)25-19-11-13-21(14-12-19)27-20-8-6-5-7-9-20/h5-16,22H,4H2,1-3H3,(H,25,26)/t22-/m1/s1. The first-order chi connectivity index (χ1) is 13.5. The third kappa shape index (κ3) is 5.13. The van der Waals surface area contributed by atoms with E-state index in [0.29, 0.717) is 17.9 Å². The maximum absolute atomic E-state index is 12.6. The predicted molar refractivity (Wildman–Crippen MR) is 112 cm³/mol. The smallest absolute Gasteiger partial charge is 0.265 e. The highest BCUT2D eigenvalue weighted by atomic mass is 16.5. The summed E-state index contributed by atoms with van der Waals surface area (Å²) in [5, 5.41) is 2.92. The zero-order valence-electron chi connectivity index (χ0n) is 16.4. The topological polar surface area (TPSA) is 47.6 Å². The summed E-state index contributed by atoms with van der Waals surface area (Å²) in [6.07, 6.45) is 0.0237. The number of hydrogen-bond acceptors (Lipinski definition) is 3. The van der Waals surface area contributed by atoms with E-state index in [1.54, 1.807) is 0 Å². The fourth-order valence-electron chi connectivity index (χ4n) is 2.86. The fourth-order valence-corrected chi connectivity index (χ4v) is 2.86. The zero-order valence-corrected chi connectivity index (χ0v) is 16.4. The minimum absolute atomic E-state index is 0.167. The summed E-state index contributed by atoms with van der Waals surface area (Å²) < 4.78 is 11.7. The van der Waals surface area contributed by atoms with Crippen molar-refractivity contribution in [3.8, 4) is 17.2 Å². The van der Waals surface area contributed by atoms with Gasteiger partial charge in [0.2, 0.25) is 0 Å². The molecular weight excluding hydrogens is 350 g/mol. The van der Waals surface area contributed by atoms with E-state index in [2.05, 4.69) is 5.32 Å². The molecule has 0 saturated carbocycles. The summed E-state index contributed by atoms with van der Waals surface area (Å²) in [7, 11) is 0. The lowest BCUT2D eigenvalue weighted by Gasteiger charge is -2.19. The Kier molecular flexibility index (Phi) is 6.33. The summed E-state index contributed by atoms with van der Waals surface area (Å²) in [6, 6.07) is 22.8. The molecule has 3 aromatic carbocycles. The SMILES string of the molecule is CC[C@@H](Oc1ccc(C)cc1C)C(=O)Nc1ccc(Oc2ccccc2)cc1. The van der Waals surface area contributed by atoms with Crippen molar-refractivity contribution < 1.29 is 14.3 Å². The van der Waals surface area contributed by atoms with Crippen molar-refractivity contribution in [1.29, 1.82) is 0 Å². The minimum atomic E-state index is -0.554. The van der Waals surface area contributed by atoms with Crippen LogP contribution in [0.15, 0.2) is 72.8 Å². The van der Waals surface area contributed by atoms with Gasteiger partial charge < -0.3 is 14.8 Å². The lowest BCUT2D eigenvalue weighted by atomic mass is 10.1. The molecule has 0 bridgehead atoms. The number of amides is 1. The molecule has 0 radical (unpaired) electrons. The largest absolute Gasteiger partial charge is 0.480 e. The molecule has 144 valence electrons. The Labute approximate surface area is 166 Å². The van der Waals surface area contributed by atoms with Crippen molar-refractivity contribution in [2.75, 3.05) is 5.32 Å². The maximum atomic E-state index is 12.6. The summed E-state index contributed by atoms with van der Waals surface area (Å²) in [6.45, 7) is 5.95. The molecule has 0 aliphatic carbocycles. The van der Waals surface area contributed by atoms with Gasteiger partial charge in [0.15, 0.2) is 6.10 Å². The van der Waals surface area contributed by atoms with Crippen LogP contribution in [-0.2, 0) is 4.79 Å². The molecule has 0 aliphatic rings. The Balaban J connectivity index is 1.62. The number of carbonyl (C=O) groups excluding carboxylic acids is 1. The van der Waals surface area contributed by atoms with Gasteiger partial charge in [0.1, 0.15) is 17.2 Å². The Morgan fingerprint density at radius 1 is 0.929 bits per heavy atom. The first-order valence-corrected chi connectivity index (χ1v) is 9.43. The molecule has 0 heterocycles. The van der Waals surface area contributed by atoms with Gasteiger partial charge in [-0.2, -0.15) is 0 Å². The number of para-hydroxylation sites is 1. The molecule has 0 aliphatic heterocycles. The van der Waals surface area contributed by atoms with Crippen LogP contribution >= 0.6 is 0 Å². The van der Waals surface area contributed by atoms with Gasteiger partial charge >= 0.3 is 0 Å². The van der Waals surface area contributed by atoms with Gasteiger partial charge in [0, 0.05) is 5.69 Å². The van der Waals surface area contributed by atoms with E-state index < -0.39 is 6.10 Å². The Hall–Kier alpha value is -3.27. The second-order valence-corrected chi connectivity index (χ2v) is 6.71. The molecule has 0 saturated heterocycles. The van der Waals surface area contributed by atoms with Gasteiger partial charge in [-0.25, -0.2) is 0 Å². The van der Waals surface area contributed by atoms with Crippen LogP contribution in [0.4, 0.5) is 5.69 Å².